The Kier molecular flexibility index (Phi) is 4.66. The number of ether oxygens (including phenoxy) is 1. The molecule has 0 saturated carbocycles. The number of aliphatic carboxylic acids is 1. The first-order chi connectivity index (χ1) is 8.36. The molecule has 0 bridgehead atoms. The van der Waals surface area contributed by atoms with Crippen LogP contribution in [0, 0.1) is 5.41 Å². The van der Waals surface area contributed by atoms with Crippen LogP contribution in [-0.2, 0) is 19.1 Å². The van der Waals surface area contributed by atoms with Gasteiger partial charge in [0.05, 0.1) is 19.3 Å². The second kappa shape index (κ2) is 5.81. The first kappa shape index (κ1) is 14.4. The van der Waals surface area contributed by atoms with Gasteiger partial charge in [-0.3, -0.25) is 14.4 Å². The van der Waals surface area contributed by atoms with E-state index in [1.165, 1.54) is 6.92 Å². The Morgan fingerprint density at radius 2 is 2.11 bits per heavy atom. The smallest absolute Gasteiger partial charge is 0.313 e. The standard InChI is InChI=1S/C11H18N2O5/c1-7(14)12-4-3-9(15)13-8-5-18-6-11(8,2)10(16)17/h8H,3-6H2,1-2H3,(H,12,14)(H,13,15)(H,16,17). The molecule has 1 saturated heterocycles. The number of rotatable bonds is 5. The Morgan fingerprint density at radius 1 is 1.44 bits per heavy atom. The molecule has 2 atom stereocenters. The van der Waals surface area contributed by atoms with Gasteiger partial charge in [0.1, 0.15) is 5.41 Å². The lowest BCUT2D eigenvalue weighted by molar-refractivity contribution is -0.149. The largest absolute Gasteiger partial charge is 0.481 e. The molecule has 1 rings (SSSR count). The Morgan fingerprint density at radius 3 is 2.67 bits per heavy atom. The Hall–Kier alpha value is -1.63. The lowest BCUT2D eigenvalue weighted by Gasteiger charge is -2.25. The number of carbonyl (C=O) groups is 3. The third-order valence-electron chi connectivity index (χ3n) is 3.01. The fourth-order valence-electron chi connectivity index (χ4n) is 1.70. The quantitative estimate of drug-likeness (QED) is 0.594. The Labute approximate surface area is 105 Å². The predicted octanol–water partition coefficient (Wildman–Crippen LogP) is -0.881. The van der Waals surface area contributed by atoms with Gasteiger partial charge in [-0.05, 0) is 6.92 Å². The van der Waals surface area contributed by atoms with Gasteiger partial charge < -0.3 is 20.5 Å². The molecule has 1 aliphatic rings. The molecule has 7 heteroatoms. The van der Waals surface area contributed by atoms with Crippen LogP contribution < -0.4 is 10.6 Å². The maximum Gasteiger partial charge on any atom is 0.313 e. The van der Waals surface area contributed by atoms with E-state index in [4.69, 9.17) is 9.84 Å². The van der Waals surface area contributed by atoms with E-state index < -0.39 is 17.4 Å². The second-order valence-electron chi connectivity index (χ2n) is 4.59. The van der Waals surface area contributed by atoms with Crippen molar-refractivity contribution < 1.29 is 24.2 Å². The van der Waals surface area contributed by atoms with E-state index in [9.17, 15) is 14.4 Å². The molecule has 7 nitrogen and oxygen atoms in total. The zero-order valence-electron chi connectivity index (χ0n) is 10.5. The van der Waals surface area contributed by atoms with Crippen molar-refractivity contribution in [2.24, 2.45) is 5.41 Å². The highest BCUT2D eigenvalue weighted by Gasteiger charge is 2.47. The number of carboxylic acids is 1. The molecule has 1 aliphatic heterocycles. The minimum Gasteiger partial charge on any atom is -0.481 e. The van der Waals surface area contributed by atoms with E-state index in [-0.39, 0.29) is 38.0 Å². The summed E-state index contributed by atoms with van der Waals surface area (Å²) in [6.45, 7) is 3.41. The average Bonchev–Trinajstić information content (AvgIpc) is 2.61. The molecule has 1 heterocycles. The summed E-state index contributed by atoms with van der Waals surface area (Å²) in [4.78, 5) is 33.3. The van der Waals surface area contributed by atoms with Crippen LogP contribution in [0.4, 0.5) is 0 Å². The molecule has 0 aliphatic carbocycles. The average molecular weight is 258 g/mol. The Balaban J connectivity index is 2.44. The van der Waals surface area contributed by atoms with Crippen LogP contribution >= 0.6 is 0 Å². The summed E-state index contributed by atoms with van der Waals surface area (Å²) in [5, 5.41) is 14.2. The van der Waals surface area contributed by atoms with E-state index in [1.54, 1.807) is 6.92 Å². The van der Waals surface area contributed by atoms with Crippen LogP contribution in [0.25, 0.3) is 0 Å². The van der Waals surface area contributed by atoms with Crippen LogP contribution in [0.1, 0.15) is 20.3 Å². The molecule has 0 aromatic rings. The zero-order chi connectivity index (χ0) is 13.8. The van der Waals surface area contributed by atoms with Crippen molar-refractivity contribution in [1.29, 1.82) is 0 Å². The second-order valence-corrected chi connectivity index (χ2v) is 4.59. The molecule has 2 amide bonds. The van der Waals surface area contributed by atoms with Crippen molar-refractivity contribution in [3.8, 4) is 0 Å². The van der Waals surface area contributed by atoms with Gasteiger partial charge in [0.25, 0.3) is 0 Å². The fourth-order valence-corrected chi connectivity index (χ4v) is 1.70. The third-order valence-corrected chi connectivity index (χ3v) is 3.01. The van der Waals surface area contributed by atoms with Crippen LogP contribution in [-0.4, -0.2) is 48.7 Å². The summed E-state index contributed by atoms with van der Waals surface area (Å²) in [6.07, 6.45) is 0.117. The number of hydrogen-bond acceptors (Lipinski definition) is 4. The van der Waals surface area contributed by atoms with Gasteiger partial charge in [-0.1, -0.05) is 0 Å². The summed E-state index contributed by atoms with van der Waals surface area (Å²) < 4.78 is 5.11. The summed E-state index contributed by atoms with van der Waals surface area (Å²) in [5.41, 5.74) is -1.09. The molecule has 1 fully saturated rings. The lowest BCUT2D eigenvalue weighted by atomic mass is 9.85. The first-order valence-electron chi connectivity index (χ1n) is 5.71. The predicted molar refractivity (Wildman–Crippen MR) is 61.8 cm³/mol. The van der Waals surface area contributed by atoms with Gasteiger partial charge in [-0.25, -0.2) is 0 Å². The normalized spacial score (nSPS) is 26.7. The maximum absolute atomic E-state index is 11.6. The molecular weight excluding hydrogens is 240 g/mol. The van der Waals surface area contributed by atoms with E-state index >= 15 is 0 Å². The van der Waals surface area contributed by atoms with Crippen molar-refractivity contribution in [1.82, 2.24) is 10.6 Å². The SMILES string of the molecule is CC(=O)NCCC(=O)NC1COCC1(C)C(=O)O. The molecule has 3 N–H and O–H groups in total. The highest BCUT2D eigenvalue weighted by atomic mass is 16.5. The van der Waals surface area contributed by atoms with E-state index in [0.29, 0.717) is 0 Å². The van der Waals surface area contributed by atoms with E-state index in [0.717, 1.165) is 0 Å². The van der Waals surface area contributed by atoms with Crippen molar-refractivity contribution >= 4 is 17.8 Å². The molecule has 102 valence electrons. The monoisotopic (exact) mass is 258 g/mol. The van der Waals surface area contributed by atoms with Crippen molar-refractivity contribution in [2.45, 2.75) is 26.3 Å². The molecule has 0 radical (unpaired) electrons. The first-order valence-corrected chi connectivity index (χ1v) is 5.71. The highest BCUT2D eigenvalue weighted by Crippen LogP contribution is 2.28. The summed E-state index contributed by atoms with van der Waals surface area (Å²) >= 11 is 0. The third kappa shape index (κ3) is 3.43. The van der Waals surface area contributed by atoms with Gasteiger partial charge >= 0.3 is 5.97 Å². The molecule has 18 heavy (non-hydrogen) atoms. The molecule has 0 aromatic heterocycles. The maximum atomic E-state index is 11.6. The zero-order valence-corrected chi connectivity index (χ0v) is 10.5. The summed E-state index contributed by atoms with van der Waals surface area (Å²) in [7, 11) is 0. The van der Waals surface area contributed by atoms with Crippen LogP contribution in [0.5, 0.6) is 0 Å². The number of carboxylic acid groups (broad SMARTS) is 1. The molecule has 0 spiro atoms. The van der Waals surface area contributed by atoms with Crippen molar-refractivity contribution in [3.05, 3.63) is 0 Å². The summed E-state index contributed by atoms with van der Waals surface area (Å²) in [5.74, 6) is -1.50. The summed E-state index contributed by atoms with van der Waals surface area (Å²) in [6, 6.07) is -0.542. The van der Waals surface area contributed by atoms with Gasteiger partial charge in [0.2, 0.25) is 11.8 Å². The lowest BCUT2D eigenvalue weighted by Crippen LogP contribution is -2.50. The van der Waals surface area contributed by atoms with Gasteiger partial charge in [-0.15, -0.1) is 0 Å². The van der Waals surface area contributed by atoms with Gasteiger partial charge in [0.15, 0.2) is 0 Å². The number of hydrogen-bond donors (Lipinski definition) is 3. The molecule has 0 aromatic carbocycles. The number of nitrogens with one attached hydrogen (secondary N) is 2. The molecule has 2 unspecified atom stereocenters. The van der Waals surface area contributed by atoms with E-state index in [1.807, 2.05) is 0 Å². The van der Waals surface area contributed by atoms with Crippen LogP contribution in [0.15, 0.2) is 0 Å². The minimum absolute atomic E-state index is 0.0823. The van der Waals surface area contributed by atoms with Crippen LogP contribution in [0.2, 0.25) is 0 Å². The molecular formula is C11H18N2O5. The minimum atomic E-state index is -1.09. The number of carbonyl (C=O) groups excluding carboxylic acids is 2. The Bertz CT molecular complexity index is 357. The van der Waals surface area contributed by atoms with E-state index in [2.05, 4.69) is 10.6 Å². The van der Waals surface area contributed by atoms with Crippen molar-refractivity contribution in [3.63, 3.8) is 0 Å². The fraction of sp³-hybridized carbons (Fsp3) is 0.727. The topological polar surface area (TPSA) is 105 Å². The van der Waals surface area contributed by atoms with Gasteiger partial charge in [0, 0.05) is 19.9 Å². The van der Waals surface area contributed by atoms with Gasteiger partial charge in [-0.2, -0.15) is 0 Å². The number of amides is 2. The van der Waals surface area contributed by atoms with Crippen LogP contribution in [0.3, 0.4) is 0 Å². The highest BCUT2D eigenvalue weighted by molar-refractivity contribution is 5.81. The van der Waals surface area contributed by atoms with Crippen molar-refractivity contribution in [2.75, 3.05) is 19.8 Å².